The highest BCUT2D eigenvalue weighted by Crippen LogP contribution is 2.14. The molecule has 1 aromatic heterocycles. The molecule has 0 bridgehead atoms. The number of aryl methyl sites for hydroxylation is 1. The molecule has 0 aliphatic carbocycles. The number of aromatic nitrogens is 4. The number of ether oxygens (including phenoxy) is 15. The van der Waals surface area contributed by atoms with E-state index in [1.54, 1.807) is 6.92 Å². The first-order valence-electron chi connectivity index (χ1n) is 22.4. The maximum atomic E-state index is 12.1. The van der Waals surface area contributed by atoms with Gasteiger partial charge in [0, 0.05) is 25.1 Å². The molecule has 2 aromatic rings. The molecule has 65 heavy (non-hydrogen) atoms. The molecule has 3 N–H and O–H groups in total. The van der Waals surface area contributed by atoms with E-state index in [4.69, 9.17) is 76.8 Å². The molecule has 0 aliphatic rings. The van der Waals surface area contributed by atoms with E-state index in [0.29, 0.717) is 223 Å². The fourth-order valence-corrected chi connectivity index (χ4v) is 4.88. The molecule has 0 atom stereocenters. The van der Waals surface area contributed by atoms with Gasteiger partial charge in [-0.3, -0.25) is 4.79 Å². The summed E-state index contributed by atoms with van der Waals surface area (Å²) in [5, 5.41) is 18.8. The molecule has 1 aromatic carbocycles. The zero-order chi connectivity index (χ0) is 46.2. The van der Waals surface area contributed by atoms with E-state index >= 15 is 0 Å². The van der Waals surface area contributed by atoms with Crippen molar-refractivity contribution in [1.82, 2.24) is 25.7 Å². The first-order chi connectivity index (χ1) is 32.2. The van der Waals surface area contributed by atoms with Crippen molar-refractivity contribution in [1.29, 1.82) is 0 Å². The molecule has 22 heteroatoms. The number of hydrogen-bond acceptors (Lipinski definition) is 21. The highest BCUT2D eigenvalue weighted by molar-refractivity contribution is 5.76. The van der Waals surface area contributed by atoms with Crippen LogP contribution in [-0.4, -0.2) is 231 Å². The molecule has 0 unspecified atom stereocenters. The van der Waals surface area contributed by atoms with Crippen LogP contribution in [0.3, 0.4) is 0 Å². The van der Waals surface area contributed by atoms with Crippen molar-refractivity contribution < 1.29 is 75.8 Å². The van der Waals surface area contributed by atoms with Crippen LogP contribution in [0.25, 0.3) is 11.4 Å². The van der Waals surface area contributed by atoms with Crippen LogP contribution in [0, 0.1) is 6.92 Å². The number of nitrogens with two attached hydrogens (primary N) is 1. The molecular weight excluding hydrogens is 856 g/mol. The van der Waals surface area contributed by atoms with E-state index in [9.17, 15) is 4.79 Å². The predicted octanol–water partition coefficient (Wildman–Crippen LogP) is 0.456. The minimum absolute atomic E-state index is 0.0899. The summed E-state index contributed by atoms with van der Waals surface area (Å²) in [6, 6.07) is 7.55. The quantitative estimate of drug-likeness (QED) is 0.0856. The van der Waals surface area contributed by atoms with Crippen LogP contribution in [0.15, 0.2) is 24.3 Å². The van der Waals surface area contributed by atoms with Crippen LogP contribution in [0.1, 0.15) is 17.8 Å². The Morgan fingerprint density at radius 1 is 0.400 bits per heavy atom. The lowest BCUT2D eigenvalue weighted by Crippen LogP contribution is -2.24. The SMILES string of the molecule is Cc1nnc(-c2ccc(CNC(=O)CCOCCOCCOCCOCCOCCOCCOCCOCCOCCOCCOCCOCCOCCOCCOCCN)cc2)nn1. The monoisotopic (exact) mass is 933 g/mol. The Morgan fingerprint density at radius 2 is 0.662 bits per heavy atom. The first-order valence-corrected chi connectivity index (χ1v) is 22.4. The van der Waals surface area contributed by atoms with Gasteiger partial charge in [0.05, 0.1) is 198 Å². The van der Waals surface area contributed by atoms with E-state index in [2.05, 4.69) is 25.7 Å². The molecule has 1 amide bonds. The van der Waals surface area contributed by atoms with Gasteiger partial charge in [-0.15, -0.1) is 20.4 Å². The Bertz CT molecular complexity index is 1310. The molecule has 22 nitrogen and oxygen atoms in total. The van der Waals surface area contributed by atoms with Gasteiger partial charge in [0.15, 0.2) is 5.82 Å². The van der Waals surface area contributed by atoms with Gasteiger partial charge in [0.25, 0.3) is 0 Å². The first kappa shape index (κ1) is 58.1. The number of hydrogen-bond donors (Lipinski definition) is 2. The number of amides is 1. The Hall–Kier alpha value is -3.01. The average molecular weight is 933 g/mol. The van der Waals surface area contributed by atoms with Gasteiger partial charge in [-0.25, -0.2) is 0 Å². The summed E-state index contributed by atoms with van der Waals surface area (Å²) in [6.07, 6.45) is 0.265. The molecule has 2 rings (SSSR count). The Balaban J connectivity index is 1.15. The molecular formula is C43H76N6O16. The molecule has 0 aliphatic heterocycles. The van der Waals surface area contributed by atoms with Gasteiger partial charge in [-0.1, -0.05) is 24.3 Å². The van der Waals surface area contributed by atoms with Crippen LogP contribution in [0.5, 0.6) is 0 Å². The molecule has 0 fully saturated rings. The average Bonchev–Trinajstić information content (AvgIpc) is 3.32. The zero-order valence-electron chi connectivity index (χ0n) is 38.5. The van der Waals surface area contributed by atoms with E-state index in [1.165, 1.54) is 0 Å². The van der Waals surface area contributed by atoms with Crippen molar-refractivity contribution in [2.75, 3.05) is 205 Å². The predicted molar refractivity (Wildman–Crippen MR) is 236 cm³/mol. The molecule has 0 spiro atoms. The number of nitrogens with one attached hydrogen (secondary N) is 1. The maximum absolute atomic E-state index is 12.1. The lowest BCUT2D eigenvalue weighted by molar-refractivity contribution is -0.122. The van der Waals surface area contributed by atoms with E-state index < -0.39 is 0 Å². The van der Waals surface area contributed by atoms with Gasteiger partial charge in [-0.05, 0) is 12.5 Å². The molecule has 0 saturated heterocycles. The van der Waals surface area contributed by atoms with E-state index in [0.717, 1.165) is 11.1 Å². The van der Waals surface area contributed by atoms with Gasteiger partial charge < -0.3 is 82.1 Å². The second-order valence-electron chi connectivity index (χ2n) is 13.5. The summed E-state index contributed by atoms with van der Waals surface area (Å²) < 4.78 is 82.0. The lowest BCUT2D eigenvalue weighted by atomic mass is 10.1. The summed E-state index contributed by atoms with van der Waals surface area (Å²) in [4.78, 5) is 12.1. The largest absolute Gasteiger partial charge is 0.379 e. The van der Waals surface area contributed by atoms with Gasteiger partial charge in [-0.2, -0.15) is 0 Å². The van der Waals surface area contributed by atoms with Crippen molar-refractivity contribution in [3.8, 4) is 11.4 Å². The molecule has 1 heterocycles. The Kier molecular flexibility index (Phi) is 41.2. The fraction of sp³-hybridized carbons (Fsp3) is 0.791. The van der Waals surface area contributed by atoms with Crippen molar-refractivity contribution in [2.24, 2.45) is 5.73 Å². The van der Waals surface area contributed by atoms with Gasteiger partial charge >= 0.3 is 0 Å². The Morgan fingerprint density at radius 3 is 0.938 bits per heavy atom. The van der Waals surface area contributed by atoms with Crippen molar-refractivity contribution >= 4 is 5.91 Å². The number of carbonyl (C=O) groups excluding carboxylic acids is 1. The smallest absolute Gasteiger partial charge is 0.222 e. The van der Waals surface area contributed by atoms with Crippen LogP contribution in [0.4, 0.5) is 0 Å². The van der Waals surface area contributed by atoms with Crippen LogP contribution in [-0.2, 0) is 82.4 Å². The zero-order valence-corrected chi connectivity index (χ0v) is 38.5. The van der Waals surface area contributed by atoms with E-state index in [1.807, 2.05) is 24.3 Å². The van der Waals surface area contributed by atoms with E-state index in [-0.39, 0.29) is 12.3 Å². The van der Waals surface area contributed by atoms with Crippen LogP contribution >= 0.6 is 0 Å². The minimum Gasteiger partial charge on any atom is -0.379 e. The summed E-state index contributed by atoms with van der Waals surface area (Å²) in [5.41, 5.74) is 7.10. The minimum atomic E-state index is -0.0899. The van der Waals surface area contributed by atoms with Crippen LogP contribution < -0.4 is 11.1 Å². The molecule has 374 valence electrons. The third-order valence-electron chi connectivity index (χ3n) is 8.22. The number of rotatable bonds is 50. The maximum Gasteiger partial charge on any atom is 0.222 e. The summed E-state index contributed by atoms with van der Waals surface area (Å²) >= 11 is 0. The highest BCUT2D eigenvalue weighted by Gasteiger charge is 2.06. The van der Waals surface area contributed by atoms with Gasteiger partial charge in [0.2, 0.25) is 11.7 Å². The summed E-state index contributed by atoms with van der Waals surface area (Å²) in [5.74, 6) is 0.879. The molecule has 0 saturated carbocycles. The third kappa shape index (κ3) is 38.8. The highest BCUT2D eigenvalue weighted by atomic mass is 16.6. The summed E-state index contributed by atoms with van der Waals surface area (Å²) in [6.45, 7) is 17.1. The van der Waals surface area contributed by atoms with Crippen molar-refractivity contribution in [2.45, 2.75) is 19.9 Å². The second kappa shape index (κ2) is 46.1. The Labute approximate surface area is 384 Å². The summed E-state index contributed by atoms with van der Waals surface area (Å²) in [7, 11) is 0. The lowest BCUT2D eigenvalue weighted by Gasteiger charge is -2.09. The topological polar surface area (TPSA) is 245 Å². The number of benzene rings is 1. The standard InChI is InChI=1S/C43H76N6O16/c1-39-46-48-43(49-47-39)41-4-2-40(3-5-41)38-45-42(50)6-8-51-10-12-53-14-16-55-18-20-57-22-24-59-26-28-61-30-32-63-34-36-65-37-35-64-33-31-62-29-27-60-25-23-58-21-19-56-17-15-54-13-11-52-9-7-44/h2-5H,6-38,44H2,1H3,(H,45,50). The third-order valence-corrected chi connectivity index (χ3v) is 8.22. The van der Waals surface area contributed by atoms with Crippen molar-refractivity contribution in [3.63, 3.8) is 0 Å². The van der Waals surface area contributed by atoms with Crippen LogP contribution in [0.2, 0.25) is 0 Å². The van der Waals surface area contributed by atoms with Crippen molar-refractivity contribution in [3.05, 3.63) is 35.7 Å². The normalized spacial score (nSPS) is 11.5. The number of nitrogens with zero attached hydrogens (tertiary/aromatic N) is 4. The number of carbonyl (C=O) groups is 1. The fourth-order valence-electron chi connectivity index (χ4n) is 4.88. The molecule has 0 radical (unpaired) electrons. The second-order valence-corrected chi connectivity index (χ2v) is 13.5. The van der Waals surface area contributed by atoms with Gasteiger partial charge in [0.1, 0.15) is 0 Å².